The highest BCUT2D eigenvalue weighted by molar-refractivity contribution is 5.49. The Morgan fingerprint density at radius 1 is 0.618 bits per heavy atom. The van der Waals surface area contributed by atoms with E-state index in [0.717, 1.165) is 78.5 Å². The van der Waals surface area contributed by atoms with Gasteiger partial charge in [-0.05, 0) is 43.2 Å². The maximum atomic E-state index is 5.61. The summed E-state index contributed by atoms with van der Waals surface area (Å²) in [7, 11) is 1.71. The Bertz CT molecular complexity index is 826. The molecule has 0 bridgehead atoms. The molecule has 186 valence electrons. The lowest BCUT2D eigenvalue weighted by atomic mass is 10.1. The van der Waals surface area contributed by atoms with E-state index in [4.69, 9.17) is 9.47 Å². The van der Waals surface area contributed by atoms with E-state index in [0.29, 0.717) is 13.2 Å². The summed E-state index contributed by atoms with van der Waals surface area (Å²) in [5, 5.41) is 0. The number of piperazine rings is 2. The maximum absolute atomic E-state index is 5.61. The molecule has 0 N–H and O–H groups in total. The topological polar surface area (TPSA) is 31.4 Å². The molecule has 34 heavy (non-hydrogen) atoms. The number of methoxy groups -OCH3 is 1. The number of benzene rings is 2. The van der Waals surface area contributed by atoms with Gasteiger partial charge < -0.3 is 19.3 Å². The van der Waals surface area contributed by atoms with Crippen LogP contribution in [0.25, 0.3) is 0 Å². The Labute approximate surface area is 206 Å². The Balaban J connectivity index is 1.13. The van der Waals surface area contributed by atoms with Crippen LogP contribution in [0.1, 0.15) is 11.1 Å². The van der Waals surface area contributed by atoms with E-state index in [1.54, 1.807) is 7.11 Å². The fourth-order valence-corrected chi connectivity index (χ4v) is 4.81. The van der Waals surface area contributed by atoms with Crippen LogP contribution in [0.4, 0.5) is 11.4 Å². The van der Waals surface area contributed by atoms with E-state index < -0.39 is 0 Å². The maximum Gasteiger partial charge on any atom is 0.0700 e. The molecule has 2 aromatic carbocycles. The summed E-state index contributed by atoms with van der Waals surface area (Å²) in [6.45, 7) is 15.4. The van der Waals surface area contributed by atoms with Gasteiger partial charge in [-0.1, -0.05) is 29.8 Å². The number of ether oxygens (including phenoxy) is 2. The Morgan fingerprint density at radius 2 is 1.15 bits per heavy atom. The van der Waals surface area contributed by atoms with Gasteiger partial charge in [0.1, 0.15) is 0 Å². The van der Waals surface area contributed by atoms with Crippen LogP contribution < -0.4 is 9.80 Å². The number of anilines is 2. The Kier molecular flexibility index (Phi) is 9.63. The number of rotatable bonds is 11. The van der Waals surface area contributed by atoms with Crippen LogP contribution in [-0.2, 0) is 15.9 Å². The standard InChI is InChI=1S/C28H42N4O2/c1-25-3-7-27(8-4-25)31-17-13-29(14-18-31)12-11-26-5-9-28(10-6-26)32-19-15-30(16-20-32)21-22-34-24-23-33-2/h3-10H,11-24H2,1-2H3. The number of nitrogens with zero attached hydrogens (tertiary/aromatic N) is 4. The molecule has 2 aromatic rings. The van der Waals surface area contributed by atoms with Gasteiger partial charge >= 0.3 is 0 Å². The van der Waals surface area contributed by atoms with Gasteiger partial charge in [-0.2, -0.15) is 0 Å². The average Bonchev–Trinajstić information content (AvgIpc) is 2.89. The zero-order valence-electron chi connectivity index (χ0n) is 21.1. The highest BCUT2D eigenvalue weighted by Crippen LogP contribution is 2.19. The van der Waals surface area contributed by atoms with E-state index in [-0.39, 0.29) is 0 Å². The van der Waals surface area contributed by atoms with Crippen LogP contribution in [0, 0.1) is 6.92 Å². The van der Waals surface area contributed by atoms with E-state index in [1.807, 2.05) is 0 Å². The molecular formula is C28H42N4O2. The van der Waals surface area contributed by atoms with Crippen molar-refractivity contribution in [3.63, 3.8) is 0 Å². The SMILES string of the molecule is COCCOCCN1CCN(c2ccc(CCN3CCN(c4ccc(C)cc4)CC3)cc2)CC1. The van der Waals surface area contributed by atoms with Crippen LogP contribution in [-0.4, -0.2) is 102 Å². The third-order valence-electron chi connectivity index (χ3n) is 7.15. The lowest BCUT2D eigenvalue weighted by Gasteiger charge is -2.36. The third-order valence-corrected chi connectivity index (χ3v) is 7.15. The lowest BCUT2D eigenvalue weighted by Crippen LogP contribution is -2.47. The molecule has 0 spiro atoms. The molecule has 2 saturated heterocycles. The predicted molar refractivity (Wildman–Crippen MR) is 141 cm³/mol. The molecule has 0 aromatic heterocycles. The monoisotopic (exact) mass is 466 g/mol. The van der Waals surface area contributed by atoms with Gasteiger partial charge in [0.2, 0.25) is 0 Å². The molecular weight excluding hydrogens is 424 g/mol. The second-order valence-corrected chi connectivity index (χ2v) is 9.51. The summed E-state index contributed by atoms with van der Waals surface area (Å²) in [6, 6.07) is 18.2. The quantitative estimate of drug-likeness (QED) is 0.473. The van der Waals surface area contributed by atoms with Crippen molar-refractivity contribution in [2.75, 3.05) is 102 Å². The smallest absolute Gasteiger partial charge is 0.0700 e. The molecule has 6 heteroatoms. The van der Waals surface area contributed by atoms with Crippen LogP contribution in [0.15, 0.2) is 48.5 Å². The van der Waals surface area contributed by atoms with Gasteiger partial charge in [0.15, 0.2) is 0 Å². The van der Waals surface area contributed by atoms with E-state index in [2.05, 4.69) is 75.1 Å². The summed E-state index contributed by atoms with van der Waals surface area (Å²) >= 11 is 0. The second-order valence-electron chi connectivity index (χ2n) is 9.51. The van der Waals surface area contributed by atoms with Crippen molar-refractivity contribution >= 4 is 11.4 Å². The summed E-state index contributed by atoms with van der Waals surface area (Å²) in [6.07, 6.45) is 1.13. The van der Waals surface area contributed by atoms with Crippen molar-refractivity contribution in [2.45, 2.75) is 13.3 Å². The molecule has 0 unspecified atom stereocenters. The van der Waals surface area contributed by atoms with Crippen molar-refractivity contribution in [3.8, 4) is 0 Å². The van der Waals surface area contributed by atoms with Gasteiger partial charge in [-0.15, -0.1) is 0 Å². The first kappa shape index (κ1) is 25.0. The summed E-state index contributed by atoms with van der Waals surface area (Å²) < 4.78 is 10.6. The molecule has 0 aliphatic carbocycles. The lowest BCUT2D eigenvalue weighted by molar-refractivity contribution is 0.0563. The van der Waals surface area contributed by atoms with Gasteiger partial charge in [-0.3, -0.25) is 9.80 Å². The molecule has 0 saturated carbocycles. The normalized spacial score (nSPS) is 17.9. The fraction of sp³-hybridized carbons (Fsp3) is 0.571. The van der Waals surface area contributed by atoms with Crippen LogP contribution in [0.3, 0.4) is 0 Å². The van der Waals surface area contributed by atoms with Gasteiger partial charge in [-0.25, -0.2) is 0 Å². The van der Waals surface area contributed by atoms with Crippen molar-refractivity contribution in [3.05, 3.63) is 59.7 Å². The molecule has 4 rings (SSSR count). The first-order chi connectivity index (χ1) is 16.7. The Morgan fingerprint density at radius 3 is 1.71 bits per heavy atom. The van der Waals surface area contributed by atoms with Gasteiger partial charge in [0.25, 0.3) is 0 Å². The summed E-state index contributed by atoms with van der Waals surface area (Å²) in [5.41, 5.74) is 5.48. The van der Waals surface area contributed by atoms with Crippen LogP contribution in [0.5, 0.6) is 0 Å². The molecule has 0 amide bonds. The van der Waals surface area contributed by atoms with Crippen LogP contribution in [0.2, 0.25) is 0 Å². The minimum atomic E-state index is 0.675. The predicted octanol–water partition coefficient (Wildman–Crippen LogP) is 3.14. The molecule has 2 aliphatic rings. The Hall–Kier alpha value is -2.12. The summed E-state index contributed by atoms with van der Waals surface area (Å²) in [4.78, 5) is 10.1. The van der Waals surface area contributed by atoms with Gasteiger partial charge in [0, 0.05) is 83.9 Å². The largest absolute Gasteiger partial charge is 0.382 e. The molecule has 0 radical (unpaired) electrons. The fourth-order valence-electron chi connectivity index (χ4n) is 4.81. The van der Waals surface area contributed by atoms with Crippen molar-refractivity contribution < 1.29 is 9.47 Å². The highest BCUT2D eigenvalue weighted by atomic mass is 16.5. The first-order valence-corrected chi connectivity index (χ1v) is 12.9. The number of aryl methyl sites for hydroxylation is 1. The summed E-state index contributed by atoms with van der Waals surface area (Å²) in [5.74, 6) is 0. The first-order valence-electron chi connectivity index (χ1n) is 12.9. The molecule has 2 aliphatic heterocycles. The zero-order valence-corrected chi connectivity index (χ0v) is 21.1. The zero-order chi connectivity index (χ0) is 23.6. The molecule has 6 nitrogen and oxygen atoms in total. The van der Waals surface area contributed by atoms with Crippen molar-refractivity contribution in [1.29, 1.82) is 0 Å². The van der Waals surface area contributed by atoms with Crippen molar-refractivity contribution in [1.82, 2.24) is 9.80 Å². The van der Waals surface area contributed by atoms with Crippen LogP contribution >= 0.6 is 0 Å². The third kappa shape index (κ3) is 7.44. The second kappa shape index (κ2) is 13.1. The number of hydrogen-bond donors (Lipinski definition) is 0. The van der Waals surface area contributed by atoms with E-state index in [1.165, 1.54) is 22.5 Å². The number of hydrogen-bond acceptors (Lipinski definition) is 6. The molecule has 2 fully saturated rings. The van der Waals surface area contributed by atoms with Crippen molar-refractivity contribution in [2.24, 2.45) is 0 Å². The highest BCUT2D eigenvalue weighted by Gasteiger charge is 2.18. The van der Waals surface area contributed by atoms with E-state index >= 15 is 0 Å². The minimum Gasteiger partial charge on any atom is -0.382 e. The van der Waals surface area contributed by atoms with E-state index in [9.17, 15) is 0 Å². The molecule has 2 heterocycles. The molecule has 0 atom stereocenters. The minimum absolute atomic E-state index is 0.675. The average molecular weight is 467 g/mol. The van der Waals surface area contributed by atoms with Gasteiger partial charge in [0.05, 0.1) is 19.8 Å².